The Bertz CT molecular complexity index is 588. The lowest BCUT2D eigenvalue weighted by Crippen LogP contribution is -2.34. The topological polar surface area (TPSA) is 99.6 Å². The van der Waals surface area contributed by atoms with E-state index < -0.39 is 5.97 Å². The third-order valence-corrected chi connectivity index (χ3v) is 3.80. The van der Waals surface area contributed by atoms with Gasteiger partial charge in [0.1, 0.15) is 5.69 Å². The second-order valence-corrected chi connectivity index (χ2v) is 5.54. The molecule has 2 amide bonds. The molecule has 0 spiro atoms. The van der Waals surface area contributed by atoms with E-state index in [0.29, 0.717) is 25.9 Å². The first-order chi connectivity index (χ1) is 11.1. The SMILES string of the molecule is O=C(NCCCN1CCCCCC1=O)c1ccnc(C(=O)O)c1. The molecule has 0 saturated carbocycles. The van der Waals surface area contributed by atoms with Gasteiger partial charge in [-0.3, -0.25) is 9.59 Å². The van der Waals surface area contributed by atoms with Gasteiger partial charge in [-0.1, -0.05) is 6.42 Å². The molecule has 7 heteroatoms. The van der Waals surface area contributed by atoms with Crippen LogP contribution in [0.1, 0.15) is 53.0 Å². The first-order valence-corrected chi connectivity index (χ1v) is 7.83. The zero-order chi connectivity index (χ0) is 16.7. The summed E-state index contributed by atoms with van der Waals surface area (Å²) in [5.41, 5.74) is 0.107. The highest BCUT2D eigenvalue weighted by atomic mass is 16.4. The lowest BCUT2D eigenvalue weighted by Gasteiger charge is -2.20. The molecule has 0 atom stereocenters. The minimum absolute atomic E-state index is 0.159. The molecule has 0 radical (unpaired) electrons. The van der Waals surface area contributed by atoms with Crippen LogP contribution in [0.25, 0.3) is 0 Å². The lowest BCUT2D eigenvalue weighted by atomic mass is 10.2. The summed E-state index contributed by atoms with van der Waals surface area (Å²) in [6.45, 7) is 1.86. The van der Waals surface area contributed by atoms with E-state index in [1.165, 1.54) is 18.3 Å². The molecule has 2 heterocycles. The van der Waals surface area contributed by atoms with E-state index in [1.807, 2.05) is 4.90 Å². The quantitative estimate of drug-likeness (QED) is 0.770. The second kappa shape index (κ2) is 8.26. The van der Waals surface area contributed by atoms with Crippen molar-refractivity contribution < 1.29 is 19.5 Å². The molecule has 0 bridgehead atoms. The van der Waals surface area contributed by atoms with E-state index in [4.69, 9.17) is 5.11 Å². The van der Waals surface area contributed by atoms with Crippen molar-refractivity contribution in [1.82, 2.24) is 15.2 Å². The van der Waals surface area contributed by atoms with Gasteiger partial charge in [0.05, 0.1) is 0 Å². The van der Waals surface area contributed by atoms with Crippen molar-refractivity contribution in [3.05, 3.63) is 29.6 Å². The number of carboxylic acids is 1. The maximum Gasteiger partial charge on any atom is 0.354 e. The number of nitrogens with zero attached hydrogens (tertiary/aromatic N) is 2. The van der Waals surface area contributed by atoms with Gasteiger partial charge in [0.15, 0.2) is 0 Å². The highest BCUT2D eigenvalue weighted by molar-refractivity contribution is 5.96. The summed E-state index contributed by atoms with van der Waals surface area (Å²) in [7, 11) is 0. The van der Waals surface area contributed by atoms with Crippen LogP contribution in [0, 0.1) is 0 Å². The van der Waals surface area contributed by atoms with Gasteiger partial charge in [0.25, 0.3) is 5.91 Å². The Balaban J connectivity index is 1.77. The summed E-state index contributed by atoms with van der Waals surface area (Å²) in [6.07, 6.45) is 5.67. The van der Waals surface area contributed by atoms with Gasteiger partial charge in [0.2, 0.25) is 5.91 Å². The summed E-state index contributed by atoms with van der Waals surface area (Å²) < 4.78 is 0. The van der Waals surface area contributed by atoms with Crippen molar-refractivity contribution in [2.24, 2.45) is 0 Å². The maximum atomic E-state index is 12.0. The van der Waals surface area contributed by atoms with Crippen molar-refractivity contribution in [1.29, 1.82) is 0 Å². The minimum atomic E-state index is -1.17. The first-order valence-electron chi connectivity index (χ1n) is 7.83. The molecule has 1 fully saturated rings. The molecule has 2 N–H and O–H groups in total. The summed E-state index contributed by atoms with van der Waals surface area (Å²) in [5.74, 6) is -1.31. The van der Waals surface area contributed by atoms with Crippen molar-refractivity contribution in [3.8, 4) is 0 Å². The molecule has 0 aromatic carbocycles. The number of carbonyl (C=O) groups is 3. The van der Waals surface area contributed by atoms with Crippen LogP contribution in [-0.2, 0) is 4.79 Å². The zero-order valence-electron chi connectivity index (χ0n) is 13.0. The van der Waals surface area contributed by atoms with Gasteiger partial charge < -0.3 is 15.3 Å². The van der Waals surface area contributed by atoms with E-state index >= 15 is 0 Å². The molecule has 0 aliphatic carbocycles. The molecule has 7 nitrogen and oxygen atoms in total. The van der Waals surface area contributed by atoms with Gasteiger partial charge in [-0.05, 0) is 31.4 Å². The van der Waals surface area contributed by atoms with Crippen molar-refractivity contribution in [2.45, 2.75) is 32.1 Å². The molecule has 23 heavy (non-hydrogen) atoms. The largest absolute Gasteiger partial charge is 0.477 e. The Kier molecular flexibility index (Phi) is 6.08. The molecule has 1 aromatic heterocycles. The number of hydrogen-bond donors (Lipinski definition) is 2. The Hall–Kier alpha value is -2.44. The molecule has 1 aromatic rings. The molecule has 1 aliphatic rings. The van der Waals surface area contributed by atoms with E-state index in [1.54, 1.807) is 0 Å². The van der Waals surface area contributed by atoms with Crippen LogP contribution in [0.5, 0.6) is 0 Å². The van der Waals surface area contributed by atoms with E-state index in [9.17, 15) is 14.4 Å². The number of nitrogens with one attached hydrogen (secondary N) is 1. The van der Waals surface area contributed by atoms with Crippen LogP contribution in [-0.4, -0.2) is 52.4 Å². The van der Waals surface area contributed by atoms with Gasteiger partial charge in [-0.15, -0.1) is 0 Å². The number of pyridine rings is 1. The predicted molar refractivity (Wildman–Crippen MR) is 83.2 cm³/mol. The summed E-state index contributed by atoms with van der Waals surface area (Å²) in [6, 6.07) is 2.72. The standard InChI is InChI=1S/C16H21N3O4/c20-14-5-2-1-3-9-19(14)10-4-7-18-15(21)12-6-8-17-13(11-12)16(22)23/h6,8,11H,1-5,7,9-10H2,(H,18,21)(H,22,23). The smallest absolute Gasteiger partial charge is 0.354 e. The molecular formula is C16H21N3O4. The Morgan fingerprint density at radius 2 is 2.13 bits per heavy atom. The van der Waals surface area contributed by atoms with Crippen molar-refractivity contribution in [3.63, 3.8) is 0 Å². The fourth-order valence-electron chi connectivity index (χ4n) is 2.54. The van der Waals surface area contributed by atoms with Gasteiger partial charge in [0, 0.05) is 37.8 Å². The first kappa shape index (κ1) is 16.9. The summed E-state index contributed by atoms with van der Waals surface area (Å²) in [5, 5.41) is 11.6. The molecule has 1 saturated heterocycles. The summed E-state index contributed by atoms with van der Waals surface area (Å²) >= 11 is 0. The molecule has 1 aliphatic heterocycles. The number of hydrogen-bond acceptors (Lipinski definition) is 4. The molecular weight excluding hydrogens is 298 g/mol. The van der Waals surface area contributed by atoms with E-state index in [0.717, 1.165) is 25.8 Å². The average molecular weight is 319 g/mol. The van der Waals surface area contributed by atoms with Crippen molar-refractivity contribution >= 4 is 17.8 Å². The molecule has 124 valence electrons. The number of likely N-dealkylation sites (tertiary alicyclic amines) is 1. The minimum Gasteiger partial charge on any atom is -0.477 e. The van der Waals surface area contributed by atoms with Crippen molar-refractivity contribution in [2.75, 3.05) is 19.6 Å². The number of carbonyl (C=O) groups excluding carboxylic acids is 2. The number of aromatic nitrogens is 1. The third-order valence-electron chi connectivity index (χ3n) is 3.80. The van der Waals surface area contributed by atoms with Gasteiger partial charge in [-0.2, -0.15) is 0 Å². The van der Waals surface area contributed by atoms with Crippen LogP contribution < -0.4 is 5.32 Å². The number of aromatic carboxylic acids is 1. The van der Waals surface area contributed by atoms with Gasteiger partial charge >= 0.3 is 5.97 Å². The average Bonchev–Trinajstić information content (AvgIpc) is 2.76. The third kappa shape index (κ3) is 5.05. The Labute approximate surface area is 134 Å². The Morgan fingerprint density at radius 3 is 2.91 bits per heavy atom. The van der Waals surface area contributed by atoms with Crippen LogP contribution in [0.4, 0.5) is 0 Å². The van der Waals surface area contributed by atoms with Gasteiger partial charge in [-0.25, -0.2) is 9.78 Å². The predicted octanol–water partition coefficient (Wildman–Crippen LogP) is 1.30. The number of rotatable bonds is 6. The second-order valence-electron chi connectivity index (χ2n) is 5.54. The van der Waals surface area contributed by atoms with Crippen LogP contribution in [0.3, 0.4) is 0 Å². The fourth-order valence-corrected chi connectivity index (χ4v) is 2.54. The van der Waals surface area contributed by atoms with Crippen LogP contribution in [0.2, 0.25) is 0 Å². The normalized spacial score (nSPS) is 15.1. The fraction of sp³-hybridized carbons (Fsp3) is 0.500. The summed E-state index contributed by atoms with van der Waals surface area (Å²) in [4.78, 5) is 40.2. The van der Waals surface area contributed by atoms with E-state index in [2.05, 4.69) is 10.3 Å². The zero-order valence-corrected chi connectivity index (χ0v) is 13.0. The Morgan fingerprint density at radius 1 is 1.30 bits per heavy atom. The number of carboxylic acid groups (broad SMARTS) is 1. The van der Waals surface area contributed by atoms with E-state index in [-0.39, 0.29) is 23.1 Å². The maximum absolute atomic E-state index is 12.0. The molecule has 0 unspecified atom stereocenters. The highest BCUT2D eigenvalue weighted by Gasteiger charge is 2.16. The highest BCUT2D eigenvalue weighted by Crippen LogP contribution is 2.11. The molecule has 2 rings (SSSR count). The van der Waals surface area contributed by atoms with Crippen LogP contribution >= 0.6 is 0 Å². The monoisotopic (exact) mass is 319 g/mol. The number of amides is 2. The lowest BCUT2D eigenvalue weighted by molar-refractivity contribution is -0.130. The van der Waals surface area contributed by atoms with Crippen LogP contribution in [0.15, 0.2) is 18.3 Å².